The van der Waals surface area contributed by atoms with Crippen LogP contribution in [0.15, 0.2) is 36.4 Å². The van der Waals surface area contributed by atoms with Crippen LogP contribution in [-0.2, 0) is 0 Å². The second kappa shape index (κ2) is 5.81. The van der Waals surface area contributed by atoms with E-state index in [4.69, 9.17) is 16.9 Å². The fourth-order valence-electron chi connectivity index (χ4n) is 1.90. The van der Waals surface area contributed by atoms with Gasteiger partial charge in [-0.1, -0.05) is 11.6 Å². The lowest BCUT2D eigenvalue weighted by Gasteiger charge is -2.17. The number of phenolic OH excluding ortho intramolecular Hbond substituents is 1. The van der Waals surface area contributed by atoms with Gasteiger partial charge in [0.15, 0.2) is 0 Å². The first-order valence-corrected chi connectivity index (χ1v) is 6.33. The van der Waals surface area contributed by atoms with Crippen LogP contribution in [0.1, 0.15) is 24.1 Å². The molecule has 5 heteroatoms. The first-order valence-electron chi connectivity index (χ1n) is 5.96. The lowest BCUT2D eigenvalue weighted by molar-refractivity contribution is 0.462. The smallest absolute Gasteiger partial charge is 0.123 e. The summed E-state index contributed by atoms with van der Waals surface area (Å²) >= 11 is 5.86. The van der Waals surface area contributed by atoms with Crippen LogP contribution in [0.5, 0.6) is 5.75 Å². The highest BCUT2D eigenvalue weighted by Crippen LogP contribution is 2.28. The van der Waals surface area contributed by atoms with Crippen molar-refractivity contribution >= 4 is 17.3 Å². The Morgan fingerprint density at radius 1 is 1.30 bits per heavy atom. The largest absolute Gasteiger partial charge is 0.508 e. The third-order valence-corrected chi connectivity index (χ3v) is 3.26. The van der Waals surface area contributed by atoms with Gasteiger partial charge in [0.1, 0.15) is 17.6 Å². The number of aromatic hydroxyl groups is 1. The van der Waals surface area contributed by atoms with Gasteiger partial charge < -0.3 is 10.4 Å². The zero-order chi connectivity index (χ0) is 14.7. The Morgan fingerprint density at radius 3 is 2.75 bits per heavy atom. The SMILES string of the molecule is CC(Nc1ccc(Cl)c(C#N)c1)c1cc(F)ccc1O. The highest BCUT2D eigenvalue weighted by Gasteiger charge is 2.12. The third kappa shape index (κ3) is 3.01. The monoisotopic (exact) mass is 290 g/mol. The number of phenols is 1. The number of nitrogens with zero attached hydrogens (tertiary/aromatic N) is 1. The van der Waals surface area contributed by atoms with E-state index < -0.39 is 5.82 Å². The second-order valence-corrected chi connectivity index (χ2v) is 4.78. The molecule has 0 aliphatic carbocycles. The molecule has 0 aromatic heterocycles. The number of hydrogen-bond donors (Lipinski definition) is 2. The van der Waals surface area contributed by atoms with Crippen molar-refractivity contribution in [1.29, 1.82) is 5.26 Å². The summed E-state index contributed by atoms with van der Waals surface area (Å²) in [6.45, 7) is 1.79. The van der Waals surface area contributed by atoms with E-state index in [-0.39, 0.29) is 11.8 Å². The van der Waals surface area contributed by atoms with Gasteiger partial charge in [-0.2, -0.15) is 5.26 Å². The van der Waals surface area contributed by atoms with E-state index >= 15 is 0 Å². The molecule has 2 aromatic rings. The summed E-state index contributed by atoms with van der Waals surface area (Å²) in [4.78, 5) is 0. The molecule has 1 unspecified atom stereocenters. The average Bonchev–Trinajstić information content (AvgIpc) is 2.43. The van der Waals surface area contributed by atoms with Crippen LogP contribution in [0, 0.1) is 17.1 Å². The number of nitriles is 1. The summed E-state index contributed by atoms with van der Waals surface area (Å²) in [5.41, 5.74) is 1.47. The van der Waals surface area contributed by atoms with Crippen molar-refractivity contribution < 1.29 is 9.50 Å². The fourth-order valence-corrected chi connectivity index (χ4v) is 2.06. The lowest BCUT2D eigenvalue weighted by Crippen LogP contribution is -2.07. The van der Waals surface area contributed by atoms with Crippen LogP contribution in [0.4, 0.5) is 10.1 Å². The molecule has 0 fully saturated rings. The minimum Gasteiger partial charge on any atom is -0.508 e. The van der Waals surface area contributed by atoms with Crippen molar-refractivity contribution in [3.05, 3.63) is 58.4 Å². The molecule has 0 heterocycles. The first-order chi connectivity index (χ1) is 9.51. The molecule has 0 radical (unpaired) electrons. The molecule has 0 bridgehead atoms. The van der Waals surface area contributed by atoms with Crippen LogP contribution >= 0.6 is 11.6 Å². The lowest BCUT2D eigenvalue weighted by atomic mass is 10.1. The highest BCUT2D eigenvalue weighted by molar-refractivity contribution is 6.31. The molecular formula is C15H12ClFN2O. The van der Waals surface area contributed by atoms with E-state index in [0.29, 0.717) is 21.8 Å². The minimum absolute atomic E-state index is 0.0147. The Bertz CT molecular complexity index is 682. The molecular weight excluding hydrogens is 279 g/mol. The number of rotatable bonds is 3. The normalized spacial score (nSPS) is 11.7. The first kappa shape index (κ1) is 14.2. The zero-order valence-corrected chi connectivity index (χ0v) is 11.4. The van der Waals surface area contributed by atoms with E-state index in [9.17, 15) is 9.50 Å². The summed E-state index contributed by atoms with van der Waals surface area (Å²) in [6.07, 6.45) is 0. The molecule has 0 spiro atoms. The average molecular weight is 291 g/mol. The molecule has 2 aromatic carbocycles. The van der Waals surface area contributed by atoms with Gasteiger partial charge in [-0.05, 0) is 43.3 Å². The molecule has 20 heavy (non-hydrogen) atoms. The van der Waals surface area contributed by atoms with E-state index in [2.05, 4.69) is 5.32 Å². The number of nitrogens with one attached hydrogen (secondary N) is 1. The minimum atomic E-state index is -0.416. The maximum absolute atomic E-state index is 13.2. The van der Waals surface area contributed by atoms with E-state index in [1.807, 2.05) is 6.07 Å². The van der Waals surface area contributed by atoms with Gasteiger partial charge in [0, 0.05) is 11.3 Å². The van der Waals surface area contributed by atoms with Crippen LogP contribution in [0.2, 0.25) is 5.02 Å². The van der Waals surface area contributed by atoms with Gasteiger partial charge in [0.2, 0.25) is 0 Å². The van der Waals surface area contributed by atoms with E-state index in [1.54, 1.807) is 25.1 Å². The molecule has 102 valence electrons. The van der Waals surface area contributed by atoms with Crippen molar-refractivity contribution in [1.82, 2.24) is 0 Å². The van der Waals surface area contributed by atoms with E-state index in [1.165, 1.54) is 18.2 Å². The van der Waals surface area contributed by atoms with Crippen molar-refractivity contribution in [3.63, 3.8) is 0 Å². The summed E-state index contributed by atoms with van der Waals surface area (Å²) in [5.74, 6) is -0.402. The second-order valence-electron chi connectivity index (χ2n) is 4.38. The molecule has 0 amide bonds. The molecule has 2 rings (SSSR count). The van der Waals surface area contributed by atoms with Gasteiger partial charge >= 0.3 is 0 Å². The van der Waals surface area contributed by atoms with Gasteiger partial charge in [-0.25, -0.2) is 4.39 Å². The Balaban J connectivity index is 2.26. The van der Waals surface area contributed by atoms with Crippen molar-refractivity contribution in [2.24, 2.45) is 0 Å². The Morgan fingerprint density at radius 2 is 2.05 bits per heavy atom. The van der Waals surface area contributed by atoms with Crippen molar-refractivity contribution in [2.75, 3.05) is 5.32 Å². The summed E-state index contributed by atoms with van der Waals surface area (Å²) in [5, 5.41) is 22.1. The molecule has 1 atom stereocenters. The third-order valence-electron chi connectivity index (χ3n) is 2.93. The summed E-state index contributed by atoms with van der Waals surface area (Å²) in [6, 6.07) is 10.4. The standard InChI is InChI=1S/C15H12ClFN2O/c1-9(13-7-11(17)2-5-15(13)20)19-12-3-4-14(16)10(6-12)8-18/h2-7,9,19-20H,1H3. The predicted octanol–water partition coefficient (Wildman–Crippen LogP) is 4.23. The molecule has 0 aliphatic rings. The molecule has 2 N–H and O–H groups in total. The number of hydrogen-bond acceptors (Lipinski definition) is 3. The highest BCUT2D eigenvalue weighted by atomic mass is 35.5. The quantitative estimate of drug-likeness (QED) is 0.889. The molecule has 3 nitrogen and oxygen atoms in total. The van der Waals surface area contributed by atoms with Crippen LogP contribution in [0.25, 0.3) is 0 Å². The van der Waals surface area contributed by atoms with Gasteiger partial charge in [-0.3, -0.25) is 0 Å². The Hall–Kier alpha value is -2.25. The zero-order valence-electron chi connectivity index (χ0n) is 10.7. The summed E-state index contributed by atoms with van der Waals surface area (Å²) in [7, 11) is 0. The van der Waals surface area contributed by atoms with Gasteiger partial charge in [0.05, 0.1) is 16.6 Å². The molecule has 0 saturated heterocycles. The van der Waals surface area contributed by atoms with Crippen molar-refractivity contribution in [3.8, 4) is 11.8 Å². The summed E-state index contributed by atoms with van der Waals surface area (Å²) < 4.78 is 13.2. The van der Waals surface area contributed by atoms with Crippen LogP contribution in [-0.4, -0.2) is 5.11 Å². The molecule has 0 aliphatic heterocycles. The van der Waals surface area contributed by atoms with Crippen LogP contribution in [0.3, 0.4) is 0 Å². The fraction of sp³-hybridized carbons (Fsp3) is 0.133. The maximum Gasteiger partial charge on any atom is 0.123 e. The van der Waals surface area contributed by atoms with Crippen LogP contribution < -0.4 is 5.32 Å². The molecule has 0 saturated carbocycles. The Labute approximate surface area is 121 Å². The van der Waals surface area contributed by atoms with E-state index in [0.717, 1.165) is 0 Å². The predicted molar refractivity (Wildman–Crippen MR) is 76.3 cm³/mol. The number of halogens is 2. The van der Waals surface area contributed by atoms with Crippen molar-refractivity contribution in [2.45, 2.75) is 13.0 Å². The topological polar surface area (TPSA) is 56.0 Å². The van der Waals surface area contributed by atoms with Gasteiger partial charge in [-0.15, -0.1) is 0 Å². The number of anilines is 1. The maximum atomic E-state index is 13.2. The van der Waals surface area contributed by atoms with Gasteiger partial charge in [0.25, 0.3) is 0 Å². The number of benzene rings is 2. The Kier molecular flexibility index (Phi) is 4.11.